The Morgan fingerprint density at radius 3 is 2.71 bits per heavy atom. The first-order valence-corrected chi connectivity index (χ1v) is 4.73. The van der Waals surface area contributed by atoms with Crippen molar-refractivity contribution in [1.82, 2.24) is 0 Å². The lowest BCUT2D eigenvalue weighted by atomic mass is 9.98. The highest BCUT2D eigenvalue weighted by atomic mass is 16.7. The van der Waals surface area contributed by atoms with Crippen molar-refractivity contribution in [2.45, 2.75) is 26.7 Å². The average molecular weight is 194 g/mol. The van der Waals surface area contributed by atoms with Gasteiger partial charge in [-0.2, -0.15) is 0 Å². The zero-order chi connectivity index (χ0) is 10.3. The molecular formula is C11H14O3. The number of fused-ring (bicyclic) bond motifs is 1. The minimum atomic E-state index is 0.227. The molecule has 3 nitrogen and oxygen atoms in total. The monoisotopic (exact) mass is 194 g/mol. The molecule has 0 atom stereocenters. The molecule has 0 aromatic heterocycles. The molecule has 0 fully saturated rings. The van der Waals surface area contributed by atoms with Gasteiger partial charge in [-0.15, -0.1) is 0 Å². The Morgan fingerprint density at radius 1 is 1.36 bits per heavy atom. The Labute approximate surface area is 83.3 Å². The van der Waals surface area contributed by atoms with E-state index in [1.165, 1.54) is 0 Å². The fourth-order valence-corrected chi connectivity index (χ4v) is 1.73. The summed E-state index contributed by atoms with van der Waals surface area (Å²) in [6.45, 7) is 6.16. The maximum Gasteiger partial charge on any atom is 0.231 e. The molecule has 1 N–H and O–H groups in total. The number of aromatic hydroxyl groups is 1. The maximum absolute atomic E-state index is 9.90. The van der Waals surface area contributed by atoms with E-state index in [0.717, 1.165) is 16.9 Å². The van der Waals surface area contributed by atoms with Gasteiger partial charge in [-0.05, 0) is 24.5 Å². The molecule has 14 heavy (non-hydrogen) atoms. The summed E-state index contributed by atoms with van der Waals surface area (Å²) in [7, 11) is 0. The third-order valence-electron chi connectivity index (χ3n) is 2.44. The van der Waals surface area contributed by atoms with Gasteiger partial charge in [-0.1, -0.05) is 13.8 Å². The van der Waals surface area contributed by atoms with Gasteiger partial charge in [0.05, 0.1) is 0 Å². The van der Waals surface area contributed by atoms with Crippen LogP contribution in [0.4, 0.5) is 0 Å². The largest absolute Gasteiger partial charge is 0.507 e. The van der Waals surface area contributed by atoms with E-state index in [1.54, 1.807) is 0 Å². The van der Waals surface area contributed by atoms with Crippen molar-refractivity contribution in [1.29, 1.82) is 0 Å². The molecule has 3 heteroatoms. The van der Waals surface area contributed by atoms with Gasteiger partial charge in [-0.25, -0.2) is 0 Å². The number of rotatable bonds is 1. The fourth-order valence-electron chi connectivity index (χ4n) is 1.73. The van der Waals surface area contributed by atoms with Crippen molar-refractivity contribution in [3.8, 4) is 17.2 Å². The molecule has 0 radical (unpaired) electrons. The van der Waals surface area contributed by atoms with E-state index in [2.05, 4.69) is 0 Å². The fraction of sp³-hybridized carbons (Fsp3) is 0.455. The van der Waals surface area contributed by atoms with Gasteiger partial charge in [0.2, 0.25) is 6.79 Å². The molecule has 0 unspecified atom stereocenters. The topological polar surface area (TPSA) is 38.7 Å². The predicted octanol–water partition coefficient (Wildman–Crippen LogP) is 2.55. The highest BCUT2D eigenvalue weighted by Crippen LogP contribution is 2.45. The second-order valence-electron chi connectivity index (χ2n) is 3.84. The molecule has 1 aromatic rings. The van der Waals surface area contributed by atoms with Crippen LogP contribution in [0.25, 0.3) is 0 Å². The van der Waals surface area contributed by atoms with Gasteiger partial charge in [-0.3, -0.25) is 0 Å². The van der Waals surface area contributed by atoms with E-state index in [9.17, 15) is 5.11 Å². The van der Waals surface area contributed by atoms with Crippen molar-refractivity contribution in [2.24, 2.45) is 0 Å². The summed E-state index contributed by atoms with van der Waals surface area (Å²) in [6.07, 6.45) is 0. The SMILES string of the molecule is Cc1cc2c(c(C(C)C)c1O)OCO2. The number of hydrogen-bond acceptors (Lipinski definition) is 3. The Morgan fingerprint density at radius 2 is 2.07 bits per heavy atom. The highest BCUT2D eigenvalue weighted by Gasteiger charge is 2.24. The van der Waals surface area contributed by atoms with Crippen LogP contribution >= 0.6 is 0 Å². The van der Waals surface area contributed by atoms with Gasteiger partial charge in [0.1, 0.15) is 5.75 Å². The standard InChI is InChI=1S/C11H14O3/c1-6(2)9-10(12)7(3)4-8-11(9)14-5-13-8/h4,6,12H,5H2,1-3H3. The van der Waals surface area contributed by atoms with Crippen LogP contribution in [0.2, 0.25) is 0 Å². The lowest BCUT2D eigenvalue weighted by Crippen LogP contribution is -1.96. The molecule has 2 rings (SSSR count). The maximum atomic E-state index is 9.90. The molecule has 0 amide bonds. The molecule has 0 spiro atoms. The minimum absolute atomic E-state index is 0.227. The molecule has 0 aliphatic carbocycles. The van der Waals surface area contributed by atoms with E-state index in [1.807, 2.05) is 26.8 Å². The summed E-state index contributed by atoms with van der Waals surface area (Å²) in [5.41, 5.74) is 1.68. The van der Waals surface area contributed by atoms with Crippen LogP contribution in [0.3, 0.4) is 0 Å². The average Bonchev–Trinajstić information content (AvgIpc) is 2.52. The first kappa shape index (κ1) is 9.19. The Balaban J connectivity index is 2.66. The van der Waals surface area contributed by atoms with E-state index in [4.69, 9.17) is 9.47 Å². The van der Waals surface area contributed by atoms with Crippen molar-refractivity contribution in [3.05, 3.63) is 17.2 Å². The first-order valence-electron chi connectivity index (χ1n) is 4.73. The van der Waals surface area contributed by atoms with Crippen LogP contribution in [0.1, 0.15) is 30.9 Å². The van der Waals surface area contributed by atoms with Crippen LogP contribution in [0.5, 0.6) is 17.2 Å². The molecular weight excluding hydrogens is 180 g/mol. The zero-order valence-electron chi connectivity index (χ0n) is 8.63. The van der Waals surface area contributed by atoms with Gasteiger partial charge < -0.3 is 14.6 Å². The normalized spacial score (nSPS) is 13.7. The van der Waals surface area contributed by atoms with Crippen LogP contribution in [-0.4, -0.2) is 11.9 Å². The van der Waals surface area contributed by atoms with Crippen molar-refractivity contribution >= 4 is 0 Å². The summed E-state index contributed by atoms with van der Waals surface area (Å²) in [5.74, 6) is 1.99. The number of benzene rings is 1. The number of hydrogen-bond donors (Lipinski definition) is 1. The summed E-state index contributed by atoms with van der Waals surface area (Å²) in [6, 6.07) is 1.81. The molecule has 0 bridgehead atoms. The lowest BCUT2D eigenvalue weighted by Gasteiger charge is -2.13. The molecule has 0 saturated carbocycles. The zero-order valence-corrected chi connectivity index (χ0v) is 8.63. The minimum Gasteiger partial charge on any atom is -0.507 e. The van der Waals surface area contributed by atoms with Crippen molar-refractivity contribution in [3.63, 3.8) is 0 Å². The molecule has 0 saturated heterocycles. The molecule has 1 aliphatic rings. The van der Waals surface area contributed by atoms with Gasteiger partial charge in [0.25, 0.3) is 0 Å². The summed E-state index contributed by atoms with van der Waals surface area (Å²) in [4.78, 5) is 0. The first-order chi connectivity index (χ1) is 6.61. The number of ether oxygens (including phenoxy) is 2. The van der Waals surface area contributed by atoms with E-state index in [0.29, 0.717) is 11.5 Å². The van der Waals surface area contributed by atoms with Crippen LogP contribution in [-0.2, 0) is 0 Å². The van der Waals surface area contributed by atoms with Crippen LogP contribution < -0.4 is 9.47 Å². The van der Waals surface area contributed by atoms with Crippen LogP contribution in [0, 0.1) is 6.92 Å². The summed E-state index contributed by atoms with van der Waals surface area (Å²) < 4.78 is 10.6. The summed E-state index contributed by atoms with van der Waals surface area (Å²) >= 11 is 0. The van der Waals surface area contributed by atoms with E-state index >= 15 is 0 Å². The van der Waals surface area contributed by atoms with E-state index < -0.39 is 0 Å². The van der Waals surface area contributed by atoms with Gasteiger partial charge >= 0.3 is 0 Å². The number of aryl methyl sites for hydroxylation is 1. The number of phenols is 1. The lowest BCUT2D eigenvalue weighted by molar-refractivity contribution is 0.173. The smallest absolute Gasteiger partial charge is 0.231 e. The van der Waals surface area contributed by atoms with Gasteiger partial charge in [0.15, 0.2) is 11.5 Å². The third-order valence-corrected chi connectivity index (χ3v) is 2.44. The molecule has 1 heterocycles. The van der Waals surface area contributed by atoms with Crippen molar-refractivity contribution < 1.29 is 14.6 Å². The summed E-state index contributed by atoms with van der Waals surface area (Å²) in [5, 5.41) is 9.90. The third kappa shape index (κ3) is 1.20. The second-order valence-corrected chi connectivity index (χ2v) is 3.84. The van der Waals surface area contributed by atoms with E-state index in [-0.39, 0.29) is 12.7 Å². The van der Waals surface area contributed by atoms with Crippen LogP contribution in [0.15, 0.2) is 6.07 Å². The molecule has 76 valence electrons. The molecule has 1 aromatic carbocycles. The van der Waals surface area contributed by atoms with Crippen molar-refractivity contribution in [2.75, 3.05) is 6.79 Å². The Kier molecular flexibility index (Phi) is 2.02. The predicted molar refractivity (Wildman–Crippen MR) is 53.1 cm³/mol. The number of phenolic OH excluding ortho intramolecular Hbond substituents is 1. The second kappa shape index (κ2) is 3.08. The molecule has 1 aliphatic heterocycles. The highest BCUT2D eigenvalue weighted by molar-refractivity contribution is 5.59. The van der Waals surface area contributed by atoms with Gasteiger partial charge in [0, 0.05) is 5.56 Å². The Bertz CT molecular complexity index is 369. The Hall–Kier alpha value is -1.38. The quantitative estimate of drug-likeness (QED) is 0.746.